The van der Waals surface area contributed by atoms with E-state index < -0.39 is 0 Å². The lowest BCUT2D eigenvalue weighted by Crippen LogP contribution is -2.29. The van der Waals surface area contributed by atoms with Gasteiger partial charge in [-0.3, -0.25) is 9.59 Å². The maximum absolute atomic E-state index is 11.8. The van der Waals surface area contributed by atoms with Crippen LogP contribution in [0.5, 0.6) is 0 Å². The molecule has 0 aliphatic heterocycles. The lowest BCUT2D eigenvalue weighted by Gasteiger charge is -2.08. The van der Waals surface area contributed by atoms with Gasteiger partial charge in [-0.2, -0.15) is 0 Å². The molecule has 5 heteroatoms. The second-order valence-corrected chi connectivity index (χ2v) is 4.78. The minimum atomic E-state index is -0.328. The molecule has 5 nitrogen and oxygen atoms in total. The predicted octanol–water partition coefficient (Wildman–Crippen LogP) is 1.62. The fourth-order valence-corrected chi connectivity index (χ4v) is 1.59. The predicted molar refractivity (Wildman–Crippen MR) is 74.5 cm³/mol. The molecular weight excluding hydrogens is 244 g/mol. The SMILES string of the molecule is Cc1cc(=O)c(C(=O)NCCCCOC(C)C)c[nH]1. The number of hydrogen-bond acceptors (Lipinski definition) is 3. The second-order valence-electron chi connectivity index (χ2n) is 4.78. The smallest absolute Gasteiger partial charge is 0.256 e. The zero-order chi connectivity index (χ0) is 14.3. The summed E-state index contributed by atoms with van der Waals surface area (Å²) in [7, 11) is 0. The Morgan fingerprint density at radius 3 is 2.79 bits per heavy atom. The summed E-state index contributed by atoms with van der Waals surface area (Å²) in [6.45, 7) is 7.00. The quantitative estimate of drug-likeness (QED) is 0.737. The zero-order valence-electron chi connectivity index (χ0n) is 11.8. The third kappa shape index (κ3) is 5.70. The van der Waals surface area contributed by atoms with Gasteiger partial charge in [-0.05, 0) is 33.6 Å². The van der Waals surface area contributed by atoms with E-state index >= 15 is 0 Å². The van der Waals surface area contributed by atoms with Gasteiger partial charge in [0.05, 0.1) is 6.10 Å². The first-order chi connectivity index (χ1) is 9.00. The highest BCUT2D eigenvalue weighted by Gasteiger charge is 2.09. The molecule has 1 amide bonds. The van der Waals surface area contributed by atoms with Crippen LogP contribution in [0.3, 0.4) is 0 Å². The fraction of sp³-hybridized carbons (Fsp3) is 0.571. The van der Waals surface area contributed by atoms with Crippen LogP contribution >= 0.6 is 0 Å². The molecule has 1 aromatic heterocycles. The summed E-state index contributed by atoms with van der Waals surface area (Å²) < 4.78 is 5.40. The second kappa shape index (κ2) is 7.74. The molecule has 0 aliphatic carbocycles. The van der Waals surface area contributed by atoms with Crippen LogP contribution in [0.2, 0.25) is 0 Å². The molecule has 2 N–H and O–H groups in total. The number of carbonyl (C=O) groups is 1. The molecule has 0 fully saturated rings. The molecule has 0 unspecified atom stereocenters. The van der Waals surface area contributed by atoms with Crippen molar-refractivity contribution in [3.8, 4) is 0 Å². The Bertz CT molecular complexity index is 466. The number of nitrogens with one attached hydrogen (secondary N) is 2. The molecule has 0 saturated heterocycles. The highest BCUT2D eigenvalue weighted by Crippen LogP contribution is 1.95. The van der Waals surface area contributed by atoms with Gasteiger partial charge in [0.1, 0.15) is 5.56 Å². The topological polar surface area (TPSA) is 71.2 Å². The Labute approximate surface area is 113 Å². The number of rotatable bonds is 7. The van der Waals surface area contributed by atoms with Crippen molar-refractivity contribution in [2.24, 2.45) is 0 Å². The molecule has 0 aromatic carbocycles. The first-order valence-corrected chi connectivity index (χ1v) is 6.60. The van der Waals surface area contributed by atoms with Crippen molar-refractivity contribution >= 4 is 5.91 Å². The number of aromatic nitrogens is 1. The third-order valence-corrected chi connectivity index (χ3v) is 2.61. The van der Waals surface area contributed by atoms with Crippen LogP contribution in [0.4, 0.5) is 0 Å². The molecule has 0 bridgehead atoms. The average molecular weight is 266 g/mol. The maximum Gasteiger partial charge on any atom is 0.256 e. The van der Waals surface area contributed by atoms with Gasteiger partial charge in [-0.15, -0.1) is 0 Å². The number of hydrogen-bond donors (Lipinski definition) is 2. The zero-order valence-corrected chi connectivity index (χ0v) is 11.8. The number of aromatic amines is 1. The summed E-state index contributed by atoms with van der Waals surface area (Å²) in [6, 6.07) is 1.42. The molecule has 0 saturated carbocycles. The van der Waals surface area contributed by atoms with Crippen molar-refractivity contribution in [2.45, 2.75) is 39.7 Å². The van der Waals surface area contributed by atoms with Crippen LogP contribution in [0.25, 0.3) is 0 Å². The van der Waals surface area contributed by atoms with Crippen molar-refractivity contribution in [3.63, 3.8) is 0 Å². The standard InChI is InChI=1S/C14H22N2O3/c1-10(2)19-7-5-4-6-15-14(18)12-9-16-11(3)8-13(12)17/h8-10H,4-7H2,1-3H3,(H,15,18)(H,16,17). The highest BCUT2D eigenvalue weighted by molar-refractivity contribution is 5.93. The van der Waals surface area contributed by atoms with Crippen LogP contribution in [0.1, 0.15) is 42.7 Å². The van der Waals surface area contributed by atoms with Gasteiger partial charge < -0.3 is 15.0 Å². The molecule has 0 radical (unpaired) electrons. The summed E-state index contributed by atoms with van der Waals surface area (Å²) >= 11 is 0. The van der Waals surface area contributed by atoms with Crippen LogP contribution in [0.15, 0.2) is 17.1 Å². The number of unbranched alkanes of at least 4 members (excludes halogenated alkanes) is 1. The van der Waals surface area contributed by atoms with Gasteiger partial charge in [0.2, 0.25) is 0 Å². The lowest BCUT2D eigenvalue weighted by molar-refractivity contribution is 0.0754. The van der Waals surface area contributed by atoms with Gasteiger partial charge in [0, 0.05) is 31.1 Å². The Kier molecular flexibility index (Phi) is 6.29. The Morgan fingerprint density at radius 2 is 2.16 bits per heavy atom. The van der Waals surface area contributed by atoms with E-state index in [1.54, 1.807) is 6.92 Å². The summed E-state index contributed by atoms with van der Waals surface area (Å²) in [5.74, 6) is -0.328. The van der Waals surface area contributed by atoms with Crippen molar-refractivity contribution < 1.29 is 9.53 Å². The highest BCUT2D eigenvalue weighted by atomic mass is 16.5. The number of amides is 1. The minimum Gasteiger partial charge on any atom is -0.379 e. The average Bonchev–Trinajstić information content (AvgIpc) is 2.32. The van der Waals surface area contributed by atoms with Crippen LogP contribution in [-0.2, 0) is 4.74 Å². The van der Waals surface area contributed by atoms with E-state index in [0.717, 1.165) is 18.5 Å². The van der Waals surface area contributed by atoms with Crippen LogP contribution in [0, 0.1) is 6.92 Å². The lowest BCUT2D eigenvalue weighted by atomic mass is 10.2. The first kappa shape index (κ1) is 15.4. The van der Waals surface area contributed by atoms with Crippen molar-refractivity contribution in [1.29, 1.82) is 0 Å². The van der Waals surface area contributed by atoms with E-state index in [1.165, 1.54) is 12.3 Å². The molecule has 0 aliphatic rings. The van der Waals surface area contributed by atoms with Gasteiger partial charge in [0.15, 0.2) is 5.43 Å². The van der Waals surface area contributed by atoms with E-state index in [0.29, 0.717) is 13.2 Å². The number of ether oxygens (including phenoxy) is 1. The molecule has 0 spiro atoms. The van der Waals surface area contributed by atoms with E-state index in [1.807, 2.05) is 13.8 Å². The molecule has 1 rings (SSSR count). The van der Waals surface area contributed by atoms with Crippen molar-refractivity contribution in [3.05, 3.63) is 33.7 Å². The Balaban J connectivity index is 2.30. The Hall–Kier alpha value is -1.62. The number of aryl methyl sites for hydroxylation is 1. The summed E-state index contributed by atoms with van der Waals surface area (Å²) in [5, 5.41) is 2.73. The maximum atomic E-state index is 11.8. The van der Waals surface area contributed by atoms with Crippen LogP contribution in [-0.4, -0.2) is 30.1 Å². The molecule has 0 atom stereocenters. The van der Waals surface area contributed by atoms with E-state index in [4.69, 9.17) is 4.74 Å². The van der Waals surface area contributed by atoms with Crippen molar-refractivity contribution in [1.82, 2.24) is 10.3 Å². The molecule has 1 heterocycles. The van der Waals surface area contributed by atoms with Gasteiger partial charge in [0.25, 0.3) is 5.91 Å². The summed E-state index contributed by atoms with van der Waals surface area (Å²) in [4.78, 5) is 26.2. The van der Waals surface area contributed by atoms with Crippen molar-refractivity contribution in [2.75, 3.05) is 13.2 Å². The van der Waals surface area contributed by atoms with E-state index in [2.05, 4.69) is 10.3 Å². The summed E-state index contributed by atoms with van der Waals surface area (Å²) in [6.07, 6.45) is 3.42. The minimum absolute atomic E-state index is 0.157. The fourth-order valence-electron chi connectivity index (χ4n) is 1.59. The Morgan fingerprint density at radius 1 is 1.42 bits per heavy atom. The molecule has 106 valence electrons. The summed E-state index contributed by atoms with van der Waals surface area (Å²) in [5.41, 5.74) is 0.647. The molecule has 19 heavy (non-hydrogen) atoms. The van der Waals surface area contributed by atoms with Gasteiger partial charge >= 0.3 is 0 Å². The van der Waals surface area contributed by atoms with E-state index in [-0.39, 0.29) is 23.0 Å². The number of pyridine rings is 1. The van der Waals surface area contributed by atoms with Gasteiger partial charge in [-0.1, -0.05) is 0 Å². The van der Waals surface area contributed by atoms with E-state index in [9.17, 15) is 9.59 Å². The normalized spacial score (nSPS) is 10.7. The number of carbonyl (C=O) groups excluding carboxylic acids is 1. The first-order valence-electron chi connectivity index (χ1n) is 6.60. The largest absolute Gasteiger partial charge is 0.379 e. The molecular formula is C14H22N2O3. The molecule has 1 aromatic rings. The van der Waals surface area contributed by atoms with Crippen LogP contribution < -0.4 is 10.7 Å². The van der Waals surface area contributed by atoms with Gasteiger partial charge in [-0.25, -0.2) is 0 Å². The monoisotopic (exact) mass is 266 g/mol. The third-order valence-electron chi connectivity index (χ3n) is 2.61. The number of H-pyrrole nitrogens is 1.